The van der Waals surface area contributed by atoms with Crippen LogP contribution >= 0.6 is 7.82 Å². The third-order valence-corrected chi connectivity index (χ3v) is 24.5. The van der Waals surface area contributed by atoms with Gasteiger partial charge in [0.05, 0.1) is 45.1 Å². The van der Waals surface area contributed by atoms with E-state index in [-0.39, 0.29) is 38.1 Å². The van der Waals surface area contributed by atoms with Gasteiger partial charge in [0, 0.05) is 19.3 Å². The summed E-state index contributed by atoms with van der Waals surface area (Å²) in [6, 6.07) is -2.81. The van der Waals surface area contributed by atoms with Crippen LogP contribution in [0.1, 0.15) is 505 Å². The first-order valence-electron chi connectivity index (χ1n) is 51.1. The summed E-state index contributed by atoms with van der Waals surface area (Å²) < 4.78 is 55.8. The van der Waals surface area contributed by atoms with Crippen molar-refractivity contribution in [3.05, 3.63) is 0 Å². The molecule has 0 unspecified atom stereocenters. The molecular weight excluding hydrogens is 1550 g/mol. The number of amides is 2. The van der Waals surface area contributed by atoms with E-state index in [1.165, 1.54) is 199 Å². The van der Waals surface area contributed by atoms with Crippen molar-refractivity contribution in [2.45, 2.75) is 560 Å². The first-order chi connectivity index (χ1) is 58.8. The van der Waals surface area contributed by atoms with Crippen LogP contribution < -0.4 is 10.6 Å². The quantitative estimate of drug-likeness (QED) is 0.0143. The van der Waals surface area contributed by atoms with Crippen LogP contribution in [0.2, 0.25) is 0 Å². The van der Waals surface area contributed by atoms with E-state index in [1.54, 1.807) is 0 Å². The second-order valence-electron chi connectivity index (χ2n) is 35.4. The van der Waals surface area contributed by atoms with Crippen molar-refractivity contribution in [3.8, 4) is 0 Å². The number of nitrogens with zero attached hydrogens (tertiary/aromatic N) is 1. The molecule has 9 atom stereocenters. The number of ether oxygens (including phenoxy) is 6. The molecule has 716 valence electrons. The Hall–Kier alpha value is -3.27. The van der Waals surface area contributed by atoms with Gasteiger partial charge in [0.1, 0.15) is 36.6 Å². The molecule has 1 rings (SSSR count). The van der Waals surface area contributed by atoms with Crippen LogP contribution in [-0.2, 0) is 66.3 Å². The summed E-state index contributed by atoms with van der Waals surface area (Å²) in [6.45, 7) is 21.3. The molecule has 1 heterocycles. The fraction of sp³-hybridized carbons (Fsp3) is 0.939. The van der Waals surface area contributed by atoms with Gasteiger partial charge in [-0.1, -0.05) is 409 Å². The lowest BCUT2D eigenvalue weighted by molar-refractivity contribution is -0.272. The number of aliphatic hydroxyl groups excluding tert-OH is 2. The molecule has 0 spiro atoms. The minimum atomic E-state index is -5.53. The minimum absolute atomic E-state index is 0.154. The van der Waals surface area contributed by atoms with Crippen LogP contribution in [0.25, 0.3) is 0 Å². The summed E-state index contributed by atoms with van der Waals surface area (Å²) >= 11 is 0. The highest BCUT2D eigenvalue weighted by Gasteiger charge is 2.52. The van der Waals surface area contributed by atoms with E-state index in [4.69, 9.17) is 32.9 Å². The Balaban J connectivity index is 0.0000196. The number of aliphatic hydroxyl groups is 2. The van der Waals surface area contributed by atoms with Crippen molar-refractivity contribution in [3.63, 3.8) is 0 Å². The van der Waals surface area contributed by atoms with Crippen molar-refractivity contribution in [1.29, 1.82) is 0 Å². The topological polar surface area (TPSA) is 292 Å². The molecule has 22 heteroatoms. The highest BCUT2D eigenvalue weighted by atomic mass is 31.2. The van der Waals surface area contributed by atoms with E-state index in [0.29, 0.717) is 51.4 Å². The molecule has 0 aromatic carbocycles. The zero-order valence-corrected chi connectivity index (χ0v) is 80.5. The zero-order valence-electron chi connectivity index (χ0n) is 79.6. The highest BCUT2D eigenvalue weighted by Crippen LogP contribution is 2.43. The molecule has 0 bridgehead atoms. The predicted molar refractivity (Wildman–Crippen MR) is 495 cm³/mol. The number of nitrogens with one attached hydrogen (secondary N) is 2. The third kappa shape index (κ3) is 73.4. The Kier molecular flexibility index (Phi) is 83.8. The molecule has 1 aliphatic rings. The molecule has 0 aromatic heterocycles. The summed E-state index contributed by atoms with van der Waals surface area (Å²) in [4.78, 5) is 109. The number of phosphoric ester groups is 1. The van der Waals surface area contributed by atoms with Gasteiger partial charge in [0.2, 0.25) is 11.8 Å². The SMILES string of the molecule is CCCCCCCCCCCCCC(=O)O[C@H](CCCCCCCCCCC)CC(=O)N[C@H](CO)CO[C@@H]1O[C@H](CO)[C@@H](OP(=O)(O)O)[C@H](OC(=O)C[C@@H](CCCCCCCCCCC)OC(=O)CCCCCCCCCCCCC)[C@H]1NC(=O)C[C@@H](CCCCCCCCCCC)OC(=O)CCCCCCCCCCCCC.CCN(CC)CC. The Morgan fingerprint density at radius 2 is 0.628 bits per heavy atom. The Bertz CT molecular complexity index is 2400. The minimum Gasteiger partial charge on any atom is -0.462 e. The van der Waals surface area contributed by atoms with Crippen LogP contribution in [0.5, 0.6) is 0 Å². The summed E-state index contributed by atoms with van der Waals surface area (Å²) in [5.74, 6) is -3.47. The monoisotopic (exact) mass is 1740 g/mol. The van der Waals surface area contributed by atoms with Crippen molar-refractivity contribution >= 4 is 43.5 Å². The summed E-state index contributed by atoms with van der Waals surface area (Å²) in [6.07, 6.45) is 56.3. The molecule has 0 radical (unpaired) electrons. The molecule has 0 aliphatic carbocycles. The number of hydrogen-bond donors (Lipinski definition) is 6. The number of carbonyl (C=O) groups excluding carboxylic acids is 6. The molecule has 0 saturated carbocycles. The molecule has 0 aromatic rings. The second-order valence-corrected chi connectivity index (χ2v) is 36.6. The van der Waals surface area contributed by atoms with Gasteiger partial charge in [-0.15, -0.1) is 0 Å². The molecule has 1 saturated heterocycles. The number of hydrogen-bond acceptors (Lipinski definition) is 17. The molecule has 121 heavy (non-hydrogen) atoms. The average Bonchev–Trinajstić information content (AvgIpc) is 0.779. The van der Waals surface area contributed by atoms with Crippen molar-refractivity contribution < 1.29 is 86.3 Å². The van der Waals surface area contributed by atoms with E-state index >= 15 is 0 Å². The van der Waals surface area contributed by atoms with Crippen LogP contribution in [0.3, 0.4) is 0 Å². The van der Waals surface area contributed by atoms with Gasteiger partial charge in [0.25, 0.3) is 0 Å². The van der Waals surface area contributed by atoms with E-state index in [2.05, 4.69) is 77.8 Å². The molecule has 1 aliphatic heterocycles. The lowest BCUT2D eigenvalue weighted by Crippen LogP contribution is -2.66. The van der Waals surface area contributed by atoms with Crippen molar-refractivity contribution in [1.82, 2.24) is 15.5 Å². The standard InChI is InChI=1S/C93H177N2O18P.C6H15N/c1-7-13-19-25-31-37-40-46-52-58-64-70-86(100)108-80(67-61-55-49-43-34-28-22-16-10-4)73-84(98)94-79(76-96)78-107-93-90(95-85(99)74-81(68-62-56-50-44-35-29-23-17-11-5)109-87(101)71-65-59-53-47-41-38-32-26-20-14-8-2)92(91(83(77-97)111-93)113-114(104,105)106)112-89(103)75-82(69-63-57-51-45-36-30-24-18-12-6)110-88(102)72-66-60-54-48-42-39-33-27-21-15-9-3;1-4-7(5-2)6-3/h79-83,90-93,96-97H,7-78H2,1-6H3,(H,94,98)(H,95,99)(H2,104,105,106);4-6H2,1-3H3/t79-,80-,81-,82-,83-,90-,91-,92-,93-;/m1./s1. The number of esters is 4. The predicted octanol–water partition coefficient (Wildman–Crippen LogP) is 25.2. The van der Waals surface area contributed by atoms with E-state index < -0.39 is 119 Å². The van der Waals surface area contributed by atoms with Gasteiger partial charge in [0.15, 0.2) is 12.4 Å². The van der Waals surface area contributed by atoms with Crippen LogP contribution in [-0.4, -0.2) is 155 Å². The van der Waals surface area contributed by atoms with Gasteiger partial charge in [-0.05, 0) is 77.4 Å². The van der Waals surface area contributed by atoms with Gasteiger partial charge in [-0.2, -0.15) is 0 Å². The highest BCUT2D eigenvalue weighted by molar-refractivity contribution is 7.46. The Labute approximate surface area is 741 Å². The molecule has 1 fully saturated rings. The molecule has 21 nitrogen and oxygen atoms in total. The van der Waals surface area contributed by atoms with E-state index in [9.17, 15) is 53.3 Å². The van der Waals surface area contributed by atoms with E-state index in [0.717, 1.165) is 173 Å². The number of unbranched alkanes of at least 4 members (excludes halogenated alkanes) is 54. The maximum absolute atomic E-state index is 15.0. The number of rotatable bonds is 88. The Morgan fingerprint density at radius 3 is 0.893 bits per heavy atom. The van der Waals surface area contributed by atoms with Crippen molar-refractivity contribution in [2.24, 2.45) is 0 Å². The average molecular weight is 1740 g/mol. The van der Waals surface area contributed by atoms with Crippen LogP contribution in [0.4, 0.5) is 0 Å². The summed E-state index contributed by atoms with van der Waals surface area (Å²) in [5, 5.41) is 27.7. The van der Waals surface area contributed by atoms with Crippen LogP contribution in [0, 0.1) is 0 Å². The summed E-state index contributed by atoms with van der Waals surface area (Å²) in [7, 11) is -5.53. The van der Waals surface area contributed by atoms with Gasteiger partial charge in [-0.25, -0.2) is 4.57 Å². The molecular formula is C99H192N3O18P. The van der Waals surface area contributed by atoms with Gasteiger partial charge in [-0.3, -0.25) is 33.3 Å². The third-order valence-electron chi connectivity index (χ3n) is 24.0. The number of phosphoric acid groups is 1. The summed E-state index contributed by atoms with van der Waals surface area (Å²) in [5.41, 5.74) is 0. The molecule has 6 N–H and O–H groups in total. The van der Waals surface area contributed by atoms with E-state index in [1.807, 2.05) is 0 Å². The first-order valence-corrected chi connectivity index (χ1v) is 52.7. The largest absolute Gasteiger partial charge is 0.470 e. The maximum atomic E-state index is 15.0. The first kappa shape index (κ1) is 118. The zero-order chi connectivity index (χ0) is 89.1. The fourth-order valence-electron chi connectivity index (χ4n) is 16.3. The maximum Gasteiger partial charge on any atom is 0.470 e. The normalized spacial score (nSPS) is 16.4. The van der Waals surface area contributed by atoms with Gasteiger partial charge < -0.3 is 64.0 Å². The second kappa shape index (κ2) is 86.1. The van der Waals surface area contributed by atoms with Crippen LogP contribution in [0.15, 0.2) is 0 Å². The fourth-order valence-corrected chi connectivity index (χ4v) is 16.9. The van der Waals surface area contributed by atoms with Crippen molar-refractivity contribution in [2.75, 3.05) is 39.5 Å². The number of carbonyl (C=O) groups is 6. The molecule has 2 amide bonds. The smallest absolute Gasteiger partial charge is 0.462 e. The Morgan fingerprint density at radius 1 is 0.355 bits per heavy atom. The lowest BCUT2D eigenvalue weighted by Gasteiger charge is -2.45. The lowest BCUT2D eigenvalue weighted by atomic mass is 9.95. The van der Waals surface area contributed by atoms with Gasteiger partial charge >= 0.3 is 31.7 Å².